The maximum absolute atomic E-state index is 13.4. The van der Waals surface area contributed by atoms with Gasteiger partial charge >= 0.3 is 6.03 Å². The van der Waals surface area contributed by atoms with Crippen molar-refractivity contribution in [3.05, 3.63) is 86.5 Å². The van der Waals surface area contributed by atoms with Crippen LogP contribution in [0.3, 0.4) is 0 Å². The van der Waals surface area contributed by atoms with E-state index >= 15 is 0 Å². The highest BCUT2D eigenvalue weighted by Gasteiger charge is 2.23. The number of carbonyl (C=O) groups is 2. The highest BCUT2D eigenvalue weighted by molar-refractivity contribution is 7.09. The number of halogens is 2. The van der Waals surface area contributed by atoms with Crippen LogP contribution in [0.1, 0.15) is 16.9 Å². The van der Waals surface area contributed by atoms with E-state index in [4.69, 9.17) is 27.9 Å². The third-order valence-corrected chi connectivity index (χ3v) is 6.57. The molecule has 1 N–H and O–H groups in total. The quantitative estimate of drug-likeness (QED) is 0.309. The zero-order valence-electron chi connectivity index (χ0n) is 18.9. The first kappa shape index (κ1) is 26.0. The molecule has 2 aromatic carbocycles. The van der Waals surface area contributed by atoms with Crippen molar-refractivity contribution in [2.45, 2.75) is 19.5 Å². The van der Waals surface area contributed by atoms with Crippen molar-refractivity contribution in [1.82, 2.24) is 9.80 Å². The number of hydrogen-bond acceptors (Lipinski definition) is 4. The van der Waals surface area contributed by atoms with Gasteiger partial charge in [-0.3, -0.25) is 4.79 Å². The molecular formula is C25H27Cl2N3O3S. The molecule has 34 heavy (non-hydrogen) atoms. The second-order valence-corrected chi connectivity index (χ2v) is 9.46. The molecule has 180 valence electrons. The van der Waals surface area contributed by atoms with Gasteiger partial charge in [-0.2, -0.15) is 0 Å². The monoisotopic (exact) mass is 519 g/mol. The van der Waals surface area contributed by atoms with Crippen molar-refractivity contribution in [2.24, 2.45) is 0 Å². The van der Waals surface area contributed by atoms with Crippen molar-refractivity contribution in [3.63, 3.8) is 0 Å². The van der Waals surface area contributed by atoms with Crippen LogP contribution < -0.4 is 5.32 Å². The largest absolute Gasteiger partial charge is 0.385 e. The predicted molar refractivity (Wildman–Crippen MR) is 139 cm³/mol. The average molecular weight is 520 g/mol. The number of benzene rings is 2. The van der Waals surface area contributed by atoms with Crippen LogP contribution in [0, 0.1) is 0 Å². The van der Waals surface area contributed by atoms with Gasteiger partial charge < -0.3 is 19.9 Å². The molecule has 0 unspecified atom stereocenters. The van der Waals surface area contributed by atoms with Gasteiger partial charge in [0.1, 0.15) is 6.54 Å². The summed E-state index contributed by atoms with van der Waals surface area (Å²) in [6.07, 6.45) is 0.580. The van der Waals surface area contributed by atoms with Crippen molar-refractivity contribution in [2.75, 3.05) is 32.1 Å². The summed E-state index contributed by atoms with van der Waals surface area (Å²) in [5, 5.41) is 5.40. The highest BCUT2D eigenvalue weighted by Crippen LogP contribution is 2.30. The molecule has 9 heteroatoms. The second-order valence-electron chi connectivity index (χ2n) is 7.61. The van der Waals surface area contributed by atoms with Gasteiger partial charge in [0, 0.05) is 31.7 Å². The van der Waals surface area contributed by atoms with E-state index in [0.717, 1.165) is 10.4 Å². The summed E-state index contributed by atoms with van der Waals surface area (Å²) in [7, 11) is 1.60. The molecule has 0 fully saturated rings. The number of nitrogens with zero attached hydrogens (tertiary/aromatic N) is 2. The first-order valence-corrected chi connectivity index (χ1v) is 12.4. The van der Waals surface area contributed by atoms with Crippen LogP contribution in [0.4, 0.5) is 10.5 Å². The molecule has 0 aliphatic carbocycles. The lowest BCUT2D eigenvalue weighted by atomic mass is 10.2. The van der Waals surface area contributed by atoms with Crippen LogP contribution in [0.5, 0.6) is 0 Å². The highest BCUT2D eigenvalue weighted by atomic mass is 35.5. The Labute approximate surface area is 214 Å². The van der Waals surface area contributed by atoms with Crippen LogP contribution in [-0.4, -0.2) is 48.5 Å². The lowest BCUT2D eigenvalue weighted by Crippen LogP contribution is -2.44. The predicted octanol–water partition coefficient (Wildman–Crippen LogP) is 6.15. The maximum Gasteiger partial charge on any atom is 0.322 e. The number of amides is 3. The molecule has 0 radical (unpaired) electrons. The first-order chi connectivity index (χ1) is 16.5. The van der Waals surface area contributed by atoms with E-state index in [9.17, 15) is 9.59 Å². The number of ether oxygens (including phenoxy) is 1. The van der Waals surface area contributed by atoms with Crippen LogP contribution in [-0.2, 0) is 22.6 Å². The minimum atomic E-state index is -0.449. The van der Waals surface area contributed by atoms with E-state index in [0.29, 0.717) is 48.4 Å². The Kier molecular flexibility index (Phi) is 10.2. The summed E-state index contributed by atoms with van der Waals surface area (Å²) >= 11 is 14.0. The fourth-order valence-corrected chi connectivity index (χ4v) is 4.56. The molecular weight excluding hydrogens is 493 g/mol. The molecule has 1 aromatic heterocycles. The van der Waals surface area contributed by atoms with Crippen molar-refractivity contribution >= 4 is 52.2 Å². The van der Waals surface area contributed by atoms with Gasteiger partial charge in [-0.25, -0.2) is 4.79 Å². The van der Waals surface area contributed by atoms with Crippen LogP contribution in [0.25, 0.3) is 0 Å². The van der Waals surface area contributed by atoms with E-state index in [1.165, 1.54) is 4.90 Å². The van der Waals surface area contributed by atoms with Crippen molar-refractivity contribution < 1.29 is 14.3 Å². The number of methoxy groups -OCH3 is 1. The summed E-state index contributed by atoms with van der Waals surface area (Å²) in [5.41, 5.74) is 1.34. The van der Waals surface area contributed by atoms with Gasteiger partial charge in [0.05, 0.1) is 22.3 Å². The number of hydrogen-bond donors (Lipinski definition) is 1. The van der Waals surface area contributed by atoms with E-state index in [1.807, 2.05) is 47.8 Å². The number of para-hydroxylation sites is 1. The lowest BCUT2D eigenvalue weighted by molar-refractivity contribution is -0.133. The zero-order chi connectivity index (χ0) is 24.3. The molecule has 3 amide bonds. The van der Waals surface area contributed by atoms with Gasteiger partial charge in [-0.1, -0.05) is 65.7 Å². The topological polar surface area (TPSA) is 61.9 Å². The third-order valence-electron chi connectivity index (χ3n) is 5.08. The minimum absolute atomic E-state index is 0.0875. The zero-order valence-corrected chi connectivity index (χ0v) is 21.2. The van der Waals surface area contributed by atoms with E-state index in [2.05, 4.69) is 5.32 Å². The molecule has 0 aliphatic rings. The van der Waals surface area contributed by atoms with Gasteiger partial charge in [0.25, 0.3) is 0 Å². The Morgan fingerprint density at radius 1 is 0.941 bits per heavy atom. The van der Waals surface area contributed by atoms with E-state index < -0.39 is 6.03 Å². The third kappa shape index (κ3) is 7.74. The normalized spacial score (nSPS) is 10.7. The first-order valence-electron chi connectivity index (χ1n) is 10.8. The molecule has 0 saturated heterocycles. The molecule has 1 heterocycles. The Hall–Kier alpha value is -2.58. The fourth-order valence-electron chi connectivity index (χ4n) is 3.35. The molecule has 3 rings (SSSR count). The number of urea groups is 1. The smallest absolute Gasteiger partial charge is 0.322 e. The lowest BCUT2D eigenvalue weighted by Gasteiger charge is -2.28. The molecule has 6 nitrogen and oxygen atoms in total. The Bertz CT molecular complexity index is 1040. The summed E-state index contributed by atoms with van der Waals surface area (Å²) in [4.78, 5) is 30.9. The molecule has 0 atom stereocenters. The van der Waals surface area contributed by atoms with Gasteiger partial charge in [0.15, 0.2) is 0 Å². The molecule has 0 spiro atoms. The number of thiophene rings is 1. The summed E-state index contributed by atoms with van der Waals surface area (Å²) in [5.74, 6) is -0.157. The van der Waals surface area contributed by atoms with E-state index in [-0.39, 0.29) is 12.5 Å². The van der Waals surface area contributed by atoms with Crippen molar-refractivity contribution in [1.29, 1.82) is 0 Å². The SMILES string of the molecule is COCCCN(CC(=O)N(Cc1ccccc1)Cc1cccs1)C(=O)Nc1c(Cl)cccc1Cl. The van der Waals surface area contributed by atoms with Gasteiger partial charge in [-0.05, 0) is 35.6 Å². The summed E-state index contributed by atoms with van der Waals surface area (Å²) in [6.45, 7) is 1.63. The van der Waals surface area contributed by atoms with Gasteiger partial charge in [0.2, 0.25) is 5.91 Å². The summed E-state index contributed by atoms with van der Waals surface area (Å²) < 4.78 is 5.14. The summed E-state index contributed by atoms with van der Waals surface area (Å²) in [6, 6.07) is 18.3. The van der Waals surface area contributed by atoms with Gasteiger partial charge in [-0.15, -0.1) is 11.3 Å². The average Bonchev–Trinajstić information content (AvgIpc) is 3.34. The second kappa shape index (κ2) is 13.3. The van der Waals surface area contributed by atoms with Crippen LogP contribution >= 0.6 is 34.5 Å². The standard InChI is InChI=1S/C25H27Cl2N3O3S/c1-33-14-7-13-29(25(32)28-24-21(26)11-5-12-22(24)27)18-23(31)30(17-20-10-6-15-34-20)16-19-8-3-2-4-9-19/h2-6,8-12,15H,7,13-14,16-18H2,1H3,(H,28,32). The molecule has 0 saturated carbocycles. The Morgan fingerprint density at radius 3 is 2.32 bits per heavy atom. The number of carbonyl (C=O) groups excluding carboxylic acids is 2. The maximum atomic E-state index is 13.4. The van der Waals surface area contributed by atoms with Crippen LogP contribution in [0.2, 0.25) is 10.0 Å². The Morgan fingerprint density at radius 2 is 1.68 bits per heavy atom. The number of anilines is 1. The fraction of sp³-hybridized carbons (Fsp3) is 0.280. The van der Waals surface area contributed by atoms with Crippen LogP contribution in [0.15, 0.2) is 66.0 Å². The Balaban J connectivity index is 1.77. The number of rotatable bonds is 11. The molecule has 0 aliphatic heterocycles. The van der Waals surface area contributed by atoms with Crippen molar-refractivity contribution in [3.8, 4) is 0 Å². The number of nitrogens with one attached hydrogen (secondary N) is 1. The molecule has 0 bridgehead atoms. The molecule has 3 aromatic rings. The van der Waals surface area contributed by atoms with E-state index in [1.54, 1.807) is 41.5 Å². The minimum Gasteiger partial charge on any atom is -0.385 e.